The third kappa shape index (κ3) is 3.86. The van der Waals surface area contributed by atoms with Crippen LogP contribution in [0.15, 0.2) is 12.3 Å². The molecule has 1 unspecified atom stereocenters. The van der Waals surface area contributed by atoms with Gasteiger partial charge in [-0.25, -0.2) is 4.98 Å². The zero-order valence-electron chi connectivity index (χ0n) is 8.67. The number of nitrogens with one attached hydrogen (secondary N) is 1. The van der Waals surface area contributed by atoms with E-state index in [0.717, 1.165) is 0 Å². The number of anilines is 1. The second-order valence-corrected chi connectivity index (χ2v) is 4.52. The van der Waals surface area contributed by atoms with E-state index in [1.54, 1.807) is 6.07 Å². The number of rotatable bonds is 4. The second-order valence-electron chi connectivity index (χ2n) is 3.68. The van der Waals surface area contributed by atoms with Crippen LogP contribution < -0.4 is 5.32 Å². The van der Waals surface area contributed by atoms with Crippen LogP contribution in [0, 0.1) is 5.92 Å². The van der Waals surface area contributed by atoms with E-state index in [0.29, 0.717) is 22.4 Å². The molecule has 15 heavy (non-hydrogen) atoms. The Labute approximate surface area is 99.4 Å². The first-order valence-electron chi connectivity index (χ1n) is 4.73. The third-order valence-electron chi connectivity index (χ3n) is 2.06. The number of halogens is 2. The van der Waals surface area contributed by atoms with Gasteiger partial charge in [-0.05, 0) is 12.0 Å². The van der Waals surface area contributed by atoms with Gasteiger partial charge in [-0.15, -0.1) is 0 Å². The zero-order valence-corrected chi connectivity index (χ0v) is 10.2. The van der Waals surface area contributed by atoms with Gasteiger partial charge in [-0.1, -0.05) is 37.0 Å². The van der Waals surface area contributed by atoms with Gasteiger partial charge in [-0.3, -0.25) is 0 Å². The predicted molar refractivity (Wildman–Crippen MR) is 63.6 cm³/mol. The molecule has 0 saturated heterocycles. The first kappa shape index (κ1) is 12.6. The molecule has 5 heteroatoms. The van der Waals surface area contributed by atoms with Crippen LogP contribution in [0.4, 0.5) is 5.82 Å². The Hall–Kier alpha value is -0.510. The third-order valence-corrected chi connectivity index (χ3v) is 2.55. The standard InChI is InChI=1S/C10H14Cl2N2O/c1-6(2)9(15)5-14-10-8(12)3-7(11)4-13-10/h3-4,6,9,15H,5H2,1-2H3,(H,13,14). The van der Waals surface area contributed by atoms with Crippen molar-refractivity contribution in [3.05, 3.63) is 22.3 Å². The normalized spacial score (nSPS) is 12.9. The molecule has 1 heterocycles. The van der Waals surface area contributed by atoms with Crippen molar-refractivity contribution in [1.29, 1.82) is 0 Å². The highest BCUT2D eigenvalue weighted by molar-refractivity contribution is 6.35. The molecule has 0 aliphatic rings. The van der Waals surface area contributed by atoms with Crippen molar-refractivity contribution in [3.63, 3.8) is 0 Å². The van der Waals surface area contributed by atoms with E-state index >= 15 is 0 Å². The van der Waals surface area contributed by atoms with Gasteiger partial charge in [0.1, 0.15) is 5.82 Å². The highest BCUT2D eigenvalue weighted by Crippen LogP contribution is 2.22. The smallest absolute Gasteiger partial charge is 0.144 e. The van der Waals surface area contributed by atoms with Crippen molar-refractivity contribution in [2.24, 2.45) is 5.92 Å². The molecule has 2 N–H and O–H groups in total. The number of aliphatic hydroxyl groups excluding tert-OH is 1. The Morgan fingerprint density at radius 3 is 2.67 bits per heavy atom. The highest BCUT2D eigenvalue weighted by Gasteiger charge is 2.10. The maximum absolute atomic E-state index is 9.57. The summed E-state index contributed by atoms with van der Waals surface area (Å²) in [4.78, 5) is 4.02. The van der Waals surface area contributed by atoms with Crippen molar-refractivity contribution >= 4 is 29.0 Å². The molecule has 1 atom stereocenters. The van der Waals surface area contributed by atoms with Gasteiger partial charge < -0.3 is 10.4 Å². The molecule has 0 aliphatic heterocycles. The number of hydrogen-bond donors (Lipinski definition) is 2. The summed E-state index contributed by atoms with van der Waals surface area (Å²) in [7, 11) is 0. The Kier molecular flexibility index (Phi) is 4.64. The highest BCUT2D eigenvalue weighted by atomic mass is 35.5. The molecule has 1 aromatic rings. The van der Waals surface area contributed by atoms with Crippen molar-refractivity contribution in [2.75, 3.05) is 11.9 Å². The van der Waals surface area contributed by atoms with E-state index in [-0.39, 0.29) is 5.92 Å². The van der Waals surface area contributed by atoms with Gasteiger partial charge in [-0.2, -0.15) is 0 Å². The molecule has 3 nitrogen and oxygen atoms in total. The largest absolute Gasteiger partial charge is 0.391 e. The number of pyridine rings is 1. The minimum Gasteiger partial charge on any atom is -0.391 e. The van der Waals surface area contributed by atoms with Gasteiger partial charge in [0.15, 0.2) is 0 Å². The molecule has 1 rings (SSSR count). The van der Waals surface area contributed by atoms with E-state index < -0.39 is 6.10 Å². The molecule has 0 fully saturated rings. The Bertz CT molecular complexity index is 331. The van der Waals surface area contributed by atoms with Gasteiger partial charge in [0.05, 0.1) is 16.1 Å². The minimum absolute atomic E-state index is 0.198. The first-order valence-corrected chi connectivity index (χ1v) is 5.49. The zero-order chi connectivity index (χ0) is 11.4. The summed E-state index contributed by atoms with van der Waals surface area (Å²) in [5.41, 5.74) is 0. The topological polar surface area (TPSA) is 45.1 Å². The fourth-order valence-electron chi connectivity index (χ4n) is 0.982. The molecule has 0 aliphatic carbocycles. The summed E-state index contributed by atoms with van der Waals surface area (Å²) < 4.78 is 0. The van der Waals surface area contributed by atoms with Crippen molar-refractivity contribution in [3.8, 4) is 0 Å². The average Bonchev–Trinajstić information content (AvgIpc) is 2.15. The lowest BCUT2D eigenvalue weighted by molar-refractivity contribution is 0.138. The van der Waals surface area contributed by atoms with Crippen LogP contribution in [-0.2, 0) is 0 Å². The summed E-state index contributed by atoms with van der Waals surface area (Å²) >= 11 is 11.6. The first-order chi connectivity index (χ1) is 7.00. The Balaban J connectivity index is 2.58. The summed E-state index contributed by atoms with van der Waals surface area (Å²) in [5, 5.41) is 13.5. The number of aromatic nitrogens is 1. The monoisotopic (exact) mass is 248 g/mol. The van der Waals surface area contributed by atoms with Crippen molar-refractivity contribution < 1.29 is 5.11 Å². The van der Waals surface area contributed by atoms with Crippen LogP contribution in [0.3, 0.4) is 0 Å². The molecule has 0 amide bonds. The van der Waals surface area contributed by atoms with Gasteiger partial charge in [0.2, 0.25) is 0 Å². The van der Waals surface area contributed by atoms with Gasteiger partial charge in [0.25, 0.3) is 0 Å². The summed E-state index contributed by atoms with van der Waals surface area (Å²) in [6.07, 6.45) is 1.09. The van der Waals surface area contributed by atoms with E-state index in [9.17, 15) is 5.11 Å². The number of hydrogen-bond acceptors (Lipinski definition) is 3. The van der Waals surface area contributed by atoms with Crippen molar-refractivity contribution in [2.45, 2.75) is 20.0 Å². The summed E-state index contributed by atoms with van der Waals surface area (Å²) in [6, 6.07) is 1.61. The quantitative estimate of drug-likeness (QED) is 0.862. The lowest BCUT2D eigenvalue weighted by Gasteiger charge is -2.15. The predicted octanol–water partition coefficient (Wildman–Crippen LogP) is 2.82. The average molecular weight is 249 g/mol. The molecule has 0 radical (unpaired) electrons. The SMILES string of the molecule is CC(C)C(O)CNc1ncc(Cl)cc1Cl. The van der Waals surface area contributed by atoms with E-state index in [1.165, 1.54) is 6.20 Å². The van der Waals surface area contributed by atoms with Crippen LogP contribution in [0.25, 0.3) is 0 Å². The van der Waals surface area contributed by atoms with Crippen LogP contribution in [0.5, 0.6) is 0 Å². The molecule has 1 aromatic heterocycles. The fraction of sp³-hybridized carbons (Fsp3) is 0.500. The Morgan fingerprint density at radius 1 is 1.47 bits per heavy atom. The number of aliphatic hydroxyl groups is 1. The molecule has 0 saturated carbocycles. The van der Waals surface area contributed by atoms with Gasteiger partial charge >= 0.3 is 0 Å². The minimum atomic E-state index is -0.418. The van der Waals surface area contributed by atoms with Gasteiger partial charge in [0, 0.05) is 12.7 Å². The molecular weight excluding hydrogens is 235 g/mol. The van der Waals surface area contributed by atoms with E-state index in [1.807, 2.05) is 13.8 Å². The maximum atomic E-state index is 9.57. The molecule has 0 aromatic carbocycles. The van der Waals surface area contributed by atoms with Crippen LogP contribution in [-0.4, -0.2) is 22.7 Å². The Morgan fingerprint density at radius 2 is 2.13 bits per heavy atom. The lowest BCUT2D eigenvalue weighted by Crippen LogP contribution is -2.25. The summed E-state index contributed by atoms with van der Waals surface area (Å²) in [6.45, 7) is 4.32. The van der Waals surface area contributed by atoms with E-state index in [2.05, 4.69) is 10.3 Å². The maximum Gasteiger partial charge on any atom is 0.144 e. The lowest BCUT2D eigenvalue weighted by atomic mass is 10.1. The van der Waals surface area contributed by atoms with Crippen LogP contribution >= 0.6 is 23.2 Å². The van der Waals surface area contributed by atoms with Crippen LogP contribution in [0.2, 0.25) is 10.0 Å². The molecular formula is C10H14Cl2N2O. The van der Waals surface area contributed by atoms with E-state index in [4.69, 9.17) is 23.2 Å². The molecule has 0 spiro atoms. The fourth-order valence-corrected chi connectivity index (χ4v) is 1.43. The van der Waals surface area contributed by atoms with Crippen molar-refractivity contribution in [1.82, 2.24) is 4.98 Å². The summed E-state index contributed by atoms with van der Waals surface area (Å²) in [5.74, 6) is 0.740. The number of nitrogens with zero attached hydrogens (tertiary/aromatic N) is 1. The van der Waals surface area contributed by atoms with Crippen LogP contribution in [0.1, 0.15) is 13.8 Å². The molecule has 84 valence electrons. The second kappa shape index (κ2) is 5.54. The molecule has 0 bridgehead atoms.